The van der Waals surface area contributed by atoms with E-state index in [1.165, 1.54) is 111 Å². The molecule has 76 heavy (non-hydrogen) atoms. The molecular weight excluding hydrogens is 929 g/mol. The van der Waals surface area contributed by atoms with Gasteiger partial charge in [0, 0.05) is 33.3 Å². The number of fused-ring (bicyclic) bond motifs is 1. The molecule has 21 rings (SSSR count). The first-order valence-electron chi connectivity index (χ1n) is 28.2. The Bertz CT molecular complexity index is 4060. The Morgan fingerprint density at radius 2 is 0.868 bits per heavy atom. The number of rotatable bonds is 4. The van der Waals surface area contributed by atoms with E-state index in [-0.39, 0.29) is 11.6 Å². The highest BCUT2D eigenvalue weighted by atomic mass is 16.1. The summed E-state index contributed by atoms with van der Waals surface area (Å²) in [6, 6.07) is 32.3. The van der Waals surface area contributed by atoms with E-state index >= 15 is 0 Å². The van der Waals surface area contributed by atoms with Crippen LogP contribution in [0.1, 0.15) is 149 Å². The van der Waals surface area contributed by atoms with Crippen LogP contribution < -0.4 is 0 Å². The number of aromatic amines is 2. The SMILES string of the molecule is CCC1=C(C)c2nc1cc1[nH]c(c(C)c1CC)c1c3nc(cc4[nH]c(c(C)c4CC)c2-c2cccc4c2-c2ccc(cc2-4)CCCCC2=CC(=O)C(=CC2=O)CCCCc2ccc4c(c2)-c2c-4cccc2-1)C(CC)=C3C. The highest BCUT2D eigenvalue weighted by Crippen LogP contribution is 2.56. The number of carbonyl (C=O) groups is 2. The van der Waals surface area contributed by atoms with Crippen LogP contribution in [0.5, 0.6) is 0 Å². The van der Waals surface area contributed by atoms with Crippen molar-refractivity contribution in [3.63, 3.8) is 0 Å². The summed E-state index contributed by atoms with van der Waals surface area (Å²) in [5, 5.41) is 0. The van der Waals surface area contributed by atoms with Crippen molar-refractivity contribution >= 4 is 55.9 Å². The predicted octanol–water partition coefficient (Wildman–Crippen LogP) is 17.8. The van der Waals surface area contributed by atoms with E-state index in [0.29, 0.717) is 24.0 Å². The summed E-state index contributed by atoms with van der Waals surface area (Å²) in [6.07, 6.45) is 13.3. The van der Waals surface area contributed by atoms with Crippen molar-refractivity contribution in [2.45, 2.75) is 132 Å². The van der Waals surface area contributed by atoms with Crippen LogP contribution in [0.4, 0.5) is 0 Å². The van der Waals surface area contributed by atoms with Gasteiger partial charge in [0.05, 0.1) is 33.8 Å². The molecule has 20 bridgehead atoms. The monoisotopic (exact) mass is 995 g/mol. The molecule has 3 aliphatic carbocycles. The fourth-order valence-corrected chi connectivity index (χ4v) is 14.0. The summed E-state index contributed by atoms with van der Waals surface area (Å²) < 4.78 is 0. The fraction of sp³-hybridized carbons (Fsp3) is 0.286. The van der Waals surface area contributed by atoms with Gasteiger partial charge in [-0.3, -0.25) is 9.59 Å². The molecule has 14 aliphatic rings. The minimum absolute atomic E-state index is 0.00239. The number of benzene rings is 4. The molecule has 0 saturated heterocycles. The van der Waals surface area contributed by atoms with Gasteiger partial charge in [-0.05, 0) is 240 Å². The smallest absolute Gasteiger partial charge is 0.182 e. The number of nitrogens with one attached hydrogen (secondary N) is 2. The molecule has 0 amide bonds. The second-order valence-electron chi connectivity index (χ2n) is 22.1. The number of hydrogen-bond donors (Lipinski definition) is 2. The molecule has 7 aromatic rings. The summed E-state index contributed by atoms with van der Waals surface area (Å²) in [5.74, 6) is -0.00532. The Morgan fingerprint density at radius 1 is 0.434 bits per heavy atom. The van der Waals surface area contributed by atoms with Gasteiger partial charge in [0.2, 0.25) is 0 Å². The van der Waals surface area contributed by atoms with E-state index in [2.05, 4.69) is 150 Å². The number of hydrogen-bond acceptors (Lipinski definition) is 4. The molecule has 6 heteroatoms. The van der Waals surface area contributed by atoms with Crippen LogP contribution in [0, 0.1) is 13.8 Å². The maximum absolute atomic E-state index is 13.4. The van der Waals surface area contributed by atoms with E-state index in [4.69, 9.17) is 9.97 Å². The standard InChI is InChI=1S/C70H66N4O2/c1-9-45-37(5)67-65-53-25-18-24-51-55-31-41(28-30-52(55)63(51)53)19-13-15-21-43-33-62(76)44(34-61(43)75)22-16-14-20-42-27-29-49-50-23-17-26-54(64(50)56(49)32-42)66(69-39(7)47(11-3)59(73-69)35-57(45)71-67)70-40(8)48(12-4)60(74-70)36-58-46(10-2)38(6)68(65)72-58/h17-18,23-36,71,74H,9-16,19-22H2,1-8H3. The molecule has 0 spiro atoms. The Morgan fingerprint density at radius 3 is 1.36 bits per heavy atom. The number of aromatic nitrogens is 4. The first-order chi connectivity index (χ1) is 37.0. The van der Waals surface area contributed by atoms with Crippen LogP contribution in [-0.4, -0.2) is 31.5 Å². The average Bonchev–Trinajstić information content (AvgIpc) is 4.23. The lowest BCUT2D eigenvalue weighted by molar-refractivity contribution is -0.115. The lowest BCUT2D eigenvalue weighted by Gasteiger charge is -2.28. The number of ketones is 2. The van der Waals surface area contributed by atoms with Gasteiger partial charge in [0.25, 0.3) is 0 Å². The molecule has 14 heterocycles. The number of H-pyrrole nitrogens is 2. The third-order valence-electron chi connectivity index (χ3n) is 18.0. The zero-order chi connectivity index (χ0) is 52.3. The number of allylic oxidation sites excluding steroid dienone is 8. The molecule has 0 saturated carbocycles. The normalized spacial score (nSPS) is 15.8. The highest BCUT2D eigenvalue weighted by molar-refractivity contribution is 6.20. The highest BCUT2D eigenvalue weighted by Gasteiger charge is 2.33. The van der Waals surface area contributed by atoms with Crippen molar-refractivity contribution in [3.8, 4) is 66.8 Å². The zero-order valence-corrected chi connectivity index (χ0v) is 45.4. The van der Waals surface area contributed by atoms with Crippen molar-refractivity contribution in [1.29, 1.82) is 0 Å². The van der Waals surface area contributed by atoms with Gasteiger partial charge < -0.3 is 9.97 Å². The lowest BCUT2D eigenvalue weighted by Crippen LogP contribution is -2.13. The van der Waals surface area contributed by atoms with Crippen molar-refractivity contribution < 1.29 is 9.59 Å². The third kappa shape index (κ3) is 7.34. The Hall–Kier alpha value is -7.70. The maximum atomic E-state index is 13.4. The summed E-state index contributed by atoms with van der Waals surface area (Å²) in [4.78, 5) is 46.7. The molecule has 0 unspecified atom stereocenters. The molecule has 378 valence electrons. The van der Waals surface area contributed by atoms with Crippen molar-refractivity contribution in [3.05, 3.63) is 164 Å². The average molecular weight is 995 g/mol. The van der Waals surface area contributed by atoms with E-state index in [0.717, 1.165) is 120 Å². The van der Waals surface area contributed by atoms with Crippen LogP contribution in [0.15, 0.2) is 108 Å². The van der Waals surface area contributed by atoms with Gasteiger partial charge in [-0.2, -0.15) is 0 Å². The molecule has 2 N–H and O–H groups in total. The number of aryl methyl sites for hydroxylation is 6. The van der Waals surface area contributed by atoms with E-state index < -0.39 is 0 Å². The van der Waals surface area contributed by atoms with Crippen LogP contribution in [-0.2, 0) is 35.3 Å². The molecule has 11 aliphatic heterocycles. The van der Waals surface area contributed by atoms with E-state index in [1.54, 1.807) is 12.2 Å². The first-order valence-corrected chi connectivity index (χ1v) is 28.2. The molecule has 4 aromatic carbocycles. The summed E-state index contributed by atoms with van der Waals surface area (Å²) in [7, 11) is 0. The van der Waals surface area contributed by atoms with Crippen molar-refractivity contribution in [2.75, 3.05) is 0 Å². The quantitative estimate of drug-likeness (QED) is 0.172. The molecule has 0 radical (unpaired) electrons. The minimum atomic E-state index is -0.00292. The zero-order valence-electron chi connectivity index (χ0n) is 45.4. The summed E-state index contributed by atoms with van der Waals surface area (Å²) >= 11 is 0. The predicted molar refractivity (Wildman–Crippen MR) is 316 cm³/mol. The van der Waals surface area contributed by atoms with Gasteiger partial charge in [0.15, 0.2) is 11.6 Å². The van der Waals surface area contributed by atoms with Gasteiger partial charge in [-0.15, -0.1) is 0 Å². The maximum Gasteiger partial charge on any atom is 0.182 e. The second kappa shape index (κ2) is 18.5. The lowest BCUT2D eigenvalue weighted by atomic mass is 9.75. The van der Waals surface area contributed by atoms with E-state index in [9.17, 15) is 9.59 Å². The third-order valence-corrected chi connectivity index (χ3v) is 18.0. The van der Waals surface area contributed by atoms with Gasteiger partial charge in [-0.1, -0.05) is 100 Å². The first kappa shape index (κ1) is 48.0. The van der Waals surface area contributed by atoms with Gasteiger partial charge in [0.1, 0.15) is 0 Å². The fourth-order valence-electron chi connectivity index (χ4n) is 14.0. The van der Waals surface area contributed by atoms with Crippen LogP contribution in [0.3, 0.4) is 0 Å². The summed E-state index contributed by atoms with van der Waals surface area (Å²) in [6.45, 7) is 18.3. The van der Waals surface area contributed by atoms with Crippen molar-refractivity contribution in [1.82, 2.24) is 19.9 Å². The molecule has 0 fully saturated rings. The Kier molecular flexibility index (Phi) is 11.7. The molecule has 6 nitrogen and oxygen atoms in total. The Balaban J connectivity index is 1.10. The largest absolute Gasteiger partial charge is 0.354 e. The molecule has 0 atom stereocenters. The Labute approximate surface area is 446 Å². The topological polar surface area (TPSA) is 91.5 Å². The number of nitrogens with zero attached hydrogens (tertiary/aromatic N) is 2. The van der Waals surface area contributed by atoms with Crippen molar-refractivity contribution in [2.24, 2.45) is 0 Å². The minimum Gasteiger partial charge on any atom is -0.354 e. The van der Waals surface area contributed by atoms with E-state index in [1.807, 2.05) is 0 Å². The number of carbonyl (C=O) groups excluding carboxylic acids is 2. The van der Waals surface area contributed by atoms with Gasteiger partial charge >= 0.3 is 0 Å². The van der Waals surface area contributed by atoms with Gasteiger partial charge in [-0.25, -0.2) is 9.97 Å². The van der Waals surface area contributed by atoms with Crippen LogP contribution in [0.2, 0.25) is 0 Å². The van der Waals surface area contributed by atoms with Crippen LogP contribution in [0.25, 0.3) is 111 Å². The second-order valence-corrected chi connectivity index (χ2v) is 22.1. The van der Waals surface area contributed by atoms with Crippen LogP contribution >= 0.6 is 0 Å². The molecular formula is C70H66N4O2. The molecule has 3 aromatic heterocycles. The summed E-state index contributed by atoms with van der Waals surface area (Å²) in [5.41, 5.74) is 37.2.